The van der Waals surface area contributed by atoms with Gasteiger partial charge in [-0.2, -0.15) is 0 Å². The number of rotatable bonds is 4. The molecule has 0 bridgehead atoms. The van der Waals surface area contributed by atoms with Crippen molar-refractivity contribution in [2.45, 2.75) is 64.6 Å². The number of likely N-dealkylation sites (tertiary alicyclic amines) is 1. The average molecular weight is 383 g/mol. The number of amides is 1. The normalized spacial score (nSPS) is 19.5. The van der Waals surface area contributed by atoms with E-state index in [2.05, 4.69) is 40.3 Å². The van der Waals surface area contributed by atoms with Gasteiger partial charge in [0.15, 0.2) is 0 Å². The van der Waals surface area contributed by atoms with Gasteiger partial charge in [0.1, 0.15) is 5.60 Å². The number of carbonyl (C=O) groups excluding carboxylic acids is 1. The Morgan fingerprint density at radius 3 is 2.65 bits per heavy atom. The molecule has 23 heavy (non-hydrogen) atoms. The summed E-state index contributed by atoms with van der Waals surface area (Å²) in [6.07, 6.45) is 2.84. The molecule has 1 aliphatic rings. The lowest BCUT2D eigenvalue weighted by atomic mass is 10.1. The van der Waals surface area contributed by atoms with E-state index >= 15 is 0 Å². The molecule has 1 saturated heterocycles. The van der Waals surface area contributed by atoms with Crippen LogP contribution in [0.3, 0.4) is 0 Å². The van der Waals surface area contributed by atoms with E-state index in [4.69, 9.17) is 4.74 Å². The molecule has 0 saturated carbocycles. The van der Waals surface area contributed by atoms with Gasteiger partial charge in [-0.3, -0.25) is 0 Å². The lowest BCUT2D eigenvalue weighted by molar-refractivity contribution is 0.0218. The van der Waals surface area contributed by atoms with Crippen LogP contribution in [0.25, 0.3) is 0 Å². The number of nitrogens with zero attached hydrogens (tertiary/aromatic N) is 1. The average Bonchev–Trinajstić information content (AvgIpc) is 2.87. The van der Waals surface area contributed by atoms with Crippen LogP contribution in [0.15, 0.2) is 28.7 Å². The molecule has 5 heteroatoms. The highest BCUT2D eigenvalue weighted by Crippen LogP contribution is 2.25. The second-order valence-corrected chi connectivity index (χ2v) is 8.17. The Bertz CT molecular complexity index is 525. The van der Waals surface area contributed by atoms with Crippen molar-refractivity contribution in [3.63, 3.8) is 0 Å². The number of halogens is 1. The molecule has 2 atom stereocenters. The summed E-state index contributed by atoms with van der Waals surface area (Å²) in [5.41, 5.74) is 0.661. The van der Waals surface area contributed by atoms with E-state index in [0.29, 0.717) is 6.04 Å². The van der Waals surface area contributed by atoms with Gasteiger partial charge in [0, 0.05) is 28.8 Å². The Labute approximate surface area is 147 Å². The fourth-order valence-corrected chi connectivity index (χ4v) is 3.20. The highest BCUT2D eigenvalue weighted by molar-refractivity contribution is 9.10. The van der Waals surface area contributed by atoms with Crippen molar-refractivity contribution in [1.29, 1.82) is 0 Å². The molecule has 2 unspecified atom stereocenters. The summed E-state index contributed by atoms with van der Waals surface area (Å²) < 4.78 is 6.60. The standard InChI is InChI=1S/C18H27BrN2O2/c1-13(20-15-9-7-14(19)8-10-15)12-16-6-5-11-21(16)17(22)23-18(2,3)4/h7-10,13,16,20H,5-6,11-12H2,1-4H3. The number of ether oxygens (including phenoxy) is 1. The Morgan fingerprint density at radius 2 is 2.04 bits per heavy atom. The van der Waals surface area contributed by atoms with Crippen molar-refractivity contribution < 1.29 is 9.53 Å². The van der Waals surface area contributed by atoms with E-state index in [1.165, 1.54) is 0 Å². The predicted octanol–water partition coefficient (Wildman–Crippen LogP) is 5.04. The summed E-state index contributed by atoms with van der Waals surface area (Å²) in [4.78, 5) is 14.2. The van der Waals surface area contributed by atoms with Crippen LogP contribution in [0.1, 0.15) is 47.0 Å². The van der Waals surface area contributed by atoms with Gasteiger partial charge in [0.25, 0.3) is 0 Å². The molecule has 4 nitrogen and oxygen atoms in total. The van der Waals surface area contributed by atoms with Crippen LogP contribution in [-0.4, -0.2) is 35.2 Å². The molecular weight excluding hydrogens is 356 g/mol. The SMILES string of the molecule is CC(CC1CCCN1C(=O)OC(C)(C)C)Nc1ccc(Br)cc1. The second kappa shape index (κ2) is 7.56. The minimum atomic E-state index is -0.439. The lowest BCUT2D eigenvalue weighted by Gasteiger charge is -2.30. The van der Waals surface area contributed by atoms with Gasteiger partial charge < -0.3 is 15.0 Å². The third-order valence-corrected chi connectivity index (χ3v) is 4.42. The van der Waals surface area contributed by atoms with Gasteiger partial charge in [-0.15, -0.1) is 0 Å². The Morgan fingerprint density at radius 1 is 1.39 bits per heavy atom. The van der Waals surface area contributed by atoms with Gasteiger partial charge >= 0.3 is 6.09 Å². The molecule has 1 heterocycles. The first-order valence-electron chi connectivity index (χ1n) is 8.26. The number of hydrogen-bond donors (Lipinski definition) is 1. The van der Waals surface area contributed by atoms with Crippen LogP contribution < -0.4 is 5.32 Å². The third-order valence-electron chi connectivity index (χ3n) is 3.89. The van der Waals surface area contributed by atoms with Crippen molar-refractivity contribution >= 4 is 27.7 Å². The van der Waals surface area contributed by atoms with E-state index in [9.17, 15) is 4.79 Å². The molecule has 0 radical (unpaired) electrons. The van der Waals surface area contributed by atoms with Crippen molar-refractivity contribution in [1.82, 2.24) is 4.90 Å². The van der Waals surface area contributed by atoms with Gasteiger partial charge in [-0.05, 0) is 71.2 Å². The van der Waals surface area contributed by atoms with Gasteiger partial charge in [0.05, 0.1) is 0 Å². The van der Waals surface area contributed by atoms with Crippen LogP contribution in [-0.2, 0) is 4.74 Å². The molecule has 0 spiro atoms. The fraction of sp³-hybridized carbons (Fsp3) is 0.611. The number of nitrogens with one attached hydrogen (secondary N) is 1. The van der Waals surface area contributed by atoms with Crippen LogP contribution in [0.5, 0.6) is 0 Å². The molecule has 0 aromatic heterocycles. The minimum Gasteiger partial charge on any atom is -0.444 e. The van der Waals surface area contributed by atoms with Crippen molar-refractivity contribution in [3.05, 3.63) is 28.7 Å². The zero-order chi connectivity index (χ0) is 17.0. The molecule has 1 amide bonds. The Balaban J connectivity index is 1.90. The second-order valence-electron chi connectivity index (χ2n) is 7.26. The quantitative estimate of drug-likeness (QED) is 0.792. The number of hydrogen-bond acceptors (Lipinski definition) is 3. The summed E-state index contributed by atoms with van der Waals surface area (Å²) in [6, 6.07) is 8.71. The smallest absolute Gasteiger partial charge is 0.410 e. The van der Waals surface area contributed by atoms with Gasteiger partial charge in [-0.25, -0.2) is 4.79 Å². The monoisotopic (exact) mass is 382 g/mol. The van der Waals surface area contributed by atoms with E-state index in [0.717, 1.165) is 36.0 Å². The summed E-state index contributed by atoms with van der Waals surface area (Å²) in [5, 5.41) is 3.50. The maximum absolute atomic E-state index is 12.3. The zero-order valence-electron chi connectivity index (χ0n) is 14.4. The Kier molecular flexibility index (Phi) is 5.95. The van der Waals surface area contributed by atoms with Gasteiger partial charge in [0.2, 0.25) is 0 Å². The number of anilines is 1. The molecule has 1 fully saturated rings. The highest BCUT2D eigenvalue weighted by Gasteiger charge is 2.32. The van der Waals surface area contributed by atoms with E-state index in [1.807, 2.05) is 37.8 Å². The molecule has 1 aromatic carbocycles. The maximum Gasteiger partial charge on any atom is 0.410 e. The fourth-order valence-electron chi connectivity index (χ4n) is 2.94. The molecular formula is C18H27BrN2O2. The first-order chi connectivity index (χ1) is 10.7. The summed E-state index contributed by atoms with van der Waals surface area (Å²) in [7, 11) is 0. The van der Waals surface area contributed by atoms with Crippen molar-refractivity contribution in [3.8, 4) is 0 Å². The number of carbonyl (C=O) groups is 1. The predicted molar refractivity (Wildman–Crippen MR) is 97.8 cm³/mol. The third kappa shape index (κ3) is 5.72. The molecule has 128 valence electrons. The van der Waals surface area contributed by atoms with Crippen LogP contribution in [0.4, 0.5) is 10.5 Å². The lowest BCUT2D eigenvalue weighted by Crippen LogP contribution is -2.41. The molecule has 2 rings (SSSR count). The topological polar surface area (TPSA) is 41.6 Å². The van der Waals surface area contributed by atoms with E-state index < -0.39 is 5.60 Å². The van der Waals surface area contributed by atoms with Crippen LogP contribution >= 0.6 is 15.9 Å². The van der Waals surface area contributed by atoms with Gasteiger partial charge in [-0.1, -0.05) is 15.9 Å². The maximum atomic E-state index is 12.3. The minimum absolute atomic E-state index is 0.184. The van der Waals surface area contributed by atoms with Crippen molar-refractivity contribution in [2.75, 3.05) is 11.9 Å². The first-order valence-corrected chi connectivity index (χ1v) is 9.05. The summed E-state index contributed by atoms with van der Waals surface area (Å²) in [6.45, 7) is 8.69. The Hall–Kier alpha value is -1.23. The molecule has 0 aliphatic carbocycles. The van der Waals surface area contributed by atoms with Crippen LogP contribution in [0, 0.1) is 0 Å². The summed E-state index contributed by atoms with van der Waals surface area (Å²) >= 11 is 3.44. The molecule has 1 N–H and O–H groups in total. The largest absolute Gasteiger partial charge is 0.444 e. The molecule has 1 aliphatic heterocycles. The molecule has 1 aromatic rings. The zero-order valence-corrected chi connectivity index (χ0v) is 16.0. The first kappa shape index (κ1) is 18.1. The number of benzene rings is 1. The van der Waals surface area contributed by atoms with E-state index in [-0.39, 0.29) is 12.1 Å². The summed E-state index contributed by atoms with van der Waals surface area (Å²) in [5.74, 6) is 0. The van der Waals surface area contributed by atoms with Crippen LogP contribution in [0.2, 0.25) is 0 Å². The highest BCUT2D eigenvalue weighted by atomic mass is 79.9. The van der Waals surface area contributed by atoms with Crippen molar-refractivity contribution in [2.24, 2.45) is 0 Å². The van der Waals surface area contributed by atoms with E-state index in [1.54, 1.807) is 0 Å².